The Morgan fingerprint density at radius 1 is 1.30 bits per heavy atom. The Morgan fingerprint density at radius 3 is 2.30 bits per heavy atom. The smallest absolute Gasteiger partial charge is 0.419 e. The maximum atomic E-state index is 14.0. The molecule has 2 N–H and O–H groups in total. The van der Waals surface area contributed by atoms with E-state index in [-0.39, 0.29) is 5.56 Å². The predicted molar refractivity (Wildman–Crippen MR) is 64.1 cm³/mol. The average Bonchev–Trinajstić information content (AvgIpc) is 2.35. The lowest BCUT2D eigenvalue weighted by atomic mass is 9.80. The summed E-state index contributed by atoms with van der Waals surface area (Å²) in [6.07, 6.45) is -4.82. The van der Waals surface area contributed by atoms with Crippen LogP contribution >= 0.6 is 0 Å². The van der Waals surface area contributed by atoms with Gasteiger partial charge in [0, 0.05) is 11.6 Å². The second kappa shape index (κ2) is 5.40. The number of halogens is 4. The number of carbonyl (C=O) groups excluding carboxylic acids is 1. The molecule has 112 valence electrons. The molecule has 0 radical (unpaired) electrons. The molecular weight excluding hydrogens is 278 g/mol. The van der Waals surface area contributed by atoms with Crippen LogP contribution in [0.15, 0.2) is 18.2 Å². The number of hydrogen-bond acceptors (Lipinski definition) is 3. The van der Waals surface area contributed by atoms with Gasteiger partial charge in [0.25, 0.3) is 0 Å². The van der Waals surface area contributed by atoms with Crippen molar-refractivity contribution in [3.63, 3.8) is 0 Å². The van der Waals surface area contributed by atoms with Crippen molar-refractivity contribution in [2.24, 2.45) is 11.1 Å². The minimum atomic E-state index is -4.82. The Morgan fingerprint density at radius 2 is 1.85 bits per heavy atom. The van der Waals surface area contributed by atoms with Crippen molar-refractivity contribution >= 4 is 5.97 Å². The molecule has 1 atom stereocenters. The summed E-state index contributed by atoms with van der Waals surface area (Å²) in [7, 11) is 1.12. The maximum Gasteiger partial charge on any atom is 0.419 e. The fourth-order valence-corrected chi connectivity index (χ4v) is 1.79. The fourth-order valence-electron chi connectivity index (χ4n) is 1.79. The number of alkyl halides is 3. The van der Waals surface area contributed by atoms with Gasteiger partial charge in [-0.25, -0.2) is 4.39 Å². The second-order valence-corrected chi connectivity index (χ2v) is 4.90. The van der Waals surface area contributed by atoms with Crippen LogP contribution in [0.4, 0.5) is 17.6 Å². The molecular formula is C13H15F4NO2. The van der Waals surface area contributed by atoms with Crippen molar-refractivity contribution in [1.29, 1.82) is 0 Å². The first-order valence-electron chi connectivity index (χ1n) is 5.73. The van der Waals surface area contributed by atoms with E-state index in [1.807, 2.05) is 0 Å². The number of rotatable bonds is 3. The Kier molecular flexibility index (Phi) is 4.43. The highest BCUT2D eigenvalue weighted by Gasteiger charge is 2.41. The molecule has 0 bridgehead atoms. The van der Waals surface area contributed by atoms with E-state index < -0.39 is 35.0 Å². The number of carbonyl (C=O) groups is 1. The van der Waals surface area contributed by atoms with Crippen molar-refractivity contribution in [2.45, 2.75) is 26.1 Å². The van der Waals surface area contributed by atoms with Crippen LogP contribution in [0.3, 0.4) is 0 Å². The summed E-state index contributed by atoms with van der Waals surface area (Å²) in [5.41, 5.74) is 2.60. The molecule has 7 heteroatoms. The van der Waals surface area contributed by atoms with Crippen LogP contribution in [0.2, 0.25) is 0 Å². The Balaban J connectivity index is 3.31. The molecule has 1 aromatic carbocycles. The van der Waals surface area contributed by atoms with E-state index in [0.29, 0.717) is 6.07 Å². The number of benzene rings is 1. The van der Waals surface area contributed by atoms with E-state index in [1.165, 1.54) is 13.8 Å². The topological polar surface area (TPSA) is 52.3 Å². The molecule has 0 fully saturated rings. The summed E-state index contributed by atoms with van der Waals surface area (Å²) in [6.45, 7) is 2.76. The van der Waals surface area contributed by atoms with Gasteiger partial charge in [0.1, 0.15) is 5.82 Å². The molecule has 3 nitrogen and oxygen atoms in total. The molecule has 1 aromatic rings. The zero-order valence-electron chi connectivity index (χ0n) is 11.2. The van der Waals surface area contributed by atoms with Crippen LogP contribution in [0.25, 0.3) is 0 Å². The van der Waals surface area contributed by atoms with Gasteiger partial charge in [-0.2, -0.15) is 13.2 Å². The monoisotopic (exact) mass is 293 g/mol. The number of hydrogen-bond donors (Lipinski definition) is 1. The maximum absolute atomic E-state index is 14.0. The van der Waals surface area contributed by atoms with E-state index in [9.17, 15) is 22.4 Å². The summed E-state index contributed by atoms with van der Waals surface area (Å²) < 4.78 is 56.4. The van der Waals surface area contributed by atoms with Gasteiger partial charge in [-0.15, -0.1) is 0 Å². The molecule has 0 saturated heterocycles. The van der Waals surface area contributed by atoms with Gasteiger partial charge in [0.2, 0.25) is 0 Å². The van der Waals surface area contributed by atoms with E-state index in [1.54, 1.807) is 0 Å². The van der Waals surface area contributed by atoms with E-state index in [2.05, 4.69) is 4.74 Å². The van der Waals surface area contributed by atoms with Crippen molar-refractivity contribution < 1.29 is 27.1 Å². The van der Waals surface area contributed by atoms with Crippen molar-refractivity contribution in [2.75, 3.05) is 7.11 Å². The standard InChI is InChI=1S/C13H15F4NO2/c1-12(2,11(19)20-3)10(18)7-5-4-6-8(9(7)14)13(15,16)17/h4-6,10H,18H2,1-3H3/t10-/m1/s1. The summed E-state index contributed by atoms with van der Waals surface area (Å²) in [5.74, 6) is -2.20. The molecule has 0 aliphatic rings. The molecule has 0 aliphatic heterocycles. The first-order chi connectivity index (χ1) is 9.03. The first kappa shape index (κ1) is 16.4. The first-order valence-corrected chi connectivity index (χ1v) is 5.73. The summed E-state index contributed by atoms with van der Waals surface area (Å²) >= 11 is 0. The fraction of sp³-hybridized carbons (Fsp3) is 0.462. The molecule has 0 unspecified atom stereocenters. The predicted octanol–water partition coefficient (Wildman–Crippen LogP) is 3.04. The largest absolute Gasteiger partial charge is 0.469 e. The van der Waals surface area contributed by atoms with Gasteiger partial charge >= 0.3 is 12.1 Å². The van der Waals surface area contributed by atoms with Crippen molar-refractivity contribution in [1.82, 2.24) is 0 Å². The van der Waals surface area contributed by atoms with Crippen LogP contribution in [-0.4, -0.2) is 13.1 Å². The molecule has 20 heavy (non-hydrogen) atoms. The van der Waals surface area contributed by atoms with Gasteiger partial charge < -0.3 is 10.5 Å². The molecule has 0 spiro atoms. The third-order valence-corrected chi connectivity index (χ3v) is 3.16. The third-order valence-electron chi connectivity index (χ3n) is 3.16. The molecule has 1 rings (SSSR count). The van der Waals surface area contributed by atoms with Crippen LogP contribution < -0.4 is 5.73 Å². The zero-order chi connectivity index (χ0) is 15.7. The Bertz CT molecular complexity index is 512. The van der Waals surface area contributed by atoms with E-state index in [0.717, 1.165) is 19.2 Å². The van der Waals surface area contributed by atoms with Gasteiger partial charge in [0.05, 0.1) is 18.1 Å². The quantitative estimate of drug-likeness (QED) is 0.688. The van der Waals surface area contributed by atoms with E-state index in [4.69, 9.17) is 5.73 Å². The highest BCUT2D eigenvalue weighted by atomic mass is 19.4. The second-order valence-electron chi connectivity index (χ2n) is 4.90. The number of ether oxygens (including phenoxy) is 1. The minimum Gasteiger partial charge on any atom is -0.469 e. The Labute approximate surface area is 113 Å². The lowest BCUT2D eigenvalue weighted by Gasteiger charge is -2.29. The number of methoxy groups -OCH3 is 1. The number of esters is 1. The van der Waals surface area contributed by atoms with Crippen LogP contribution in [0, 0.1) is 11.2 Å². The lowest BCUT2D eigenvalue weighted by molar-refractivity contribution is -0.152. The van der Waals surface area contributed by atoms with Crippen LogP contribution in [0.5, 0.6) is 0 Å². The summed E-state index contributed by atoms with van der Waals surface area (Å²) in [5, 5.41) is 0. The van der Waals surface area contributed by atoms with Crippen molar-refractivity contribution in [3.8, 4) is 0 Å². The van der Waals surface area contributed by atoms with Gasteiger partial charge in [0.15, 0.2) is 0 Å². The van der Waals surface area contributed by atoms with Crippen molar-refractivity contribution in [3.05, 3.63) is 35.1 Å². The molecule has 0 aliphatic carbocycles. The lowest BCUT2D eigenvalue weighted by Crippen LogP contribution is -2.38. The SMILES string of the molecule is COC(=O)C(C)(C)[C@H](N)c1cccc(C(F)(F)F)c1F. The highest BCUT2D eigenvalue weighted by molar-refractivity contribution is 5.77. The van der Waals surface area contributed by atoms with Gasteiger partial charge in [-0.1, -0.05) is 12.1 Å². The third kappa shape index (κ3) is 2.92. The Hall–Kier alpha value is -1.63. The summed E-state index contributed by atoms with van der Waals surface area (Å²) in [4.78, 5) is 11.6. The number of nitrogens with two attached hydrogens (primary N) is 1. The molecule has 0 saturated carbocycles. The highest BCUT2D eigenvalue weighted by Crippen LogP contribution is 2.38. The average molecular weight is 293 g/mol. The van der Waals surface area contributed by atoms with Gasteiger partial charge in [-0.3, -0.25) is 4.79 Å². The minimum absolute atomic E-state index is 0.379. The summed E-state index contributed by atoms with van der Waals surface area (Å²) in [6, 6.07) is 1.53. The van der Waals surface area contributed by atoms with Crippen LogP contribution in [-0.2, 0) is 15.7 Å². The van der Waals surface area contributed by atoms with Gasteiger partial charge in [-0.05, 0) is 19.9 Å². The molecule has 0 heterocycles. The zero-order valence-corrected chi connectivity index (χ0v) is 11.2. The molecule has 0 amide bonds. The van der Waals surface area contributed by atoms with E-state index >= 15 is 0 Å². The molecule has 0 aromatic heterocycles. The normalized spacial score (nSPS) is 14.0. The van der Waals surface area contributed by atoms with Crippen LogP contribution in [0.1, 0.15) is 31.0 Å².